The predicted molar refractivity (Wildman–Crippen MR) is 101 cm³/mol. The number of amides is 3. The van der Waals surface area contributed by atoms with E-state index in [9.17, 15) is 9.59 Å². The number of hydrogen-bond acceptors (Lipinski definition) is 4. The molecule has 134 valence electrons. The van der Waals surface area contributed by atoms with Crippen LogP contribution >= 0.6 is 15.9 Å². The first kappa shape index (κ1) is 18.0. The number of nitrogens with one attached hydrogen (secondary N) is 2. The maximum Gasteiger partial charge on any atom is 0.326 e. The number of imide groups is 1. The van der Waals surface area contributed by atoms with Gasteiger partial charge in [-0.05, 0) is 52.2 Å². The monoisotopic (exact) mass is 416 g/mol. The lowest BCUT2D eigenvalue weighted by atomic mass is 10.1. The summed E-state index contributed by atoms with van der Waals surface area (Å²) in [5.74, 6) is 0.667. The van der Waals surface area contributed by atoms with Crippen LogP contribution in [-0.4, -0.2) is 18.5 Å². The van der Waals surface area contributed by atoms with Gasteiger partial charge in [0.15, 0.2) is 11.5 Å². The van der Waals surface area contributed by atoms with E-state index in [0.717, 1.165) is 5.56 Å². The Labute approximate surface area is 159 Å². The van der Waals surface area contributed by atoms with E-state index in [1.807, 2.05) is 37.3 Å². The minimum Gasteiger partial charge on any atom is -0.490 e. The highest BCUT2D eigenvalue weighted by Crippen LogP contribution is 2.38. The molecule has 0 saturated carbocycles. The molecule has 0 atom stereocenters. The molecular weight excluding hydrogens is 400 g/mol. The molecule has 2 aromatic rings. The smallest absolute Gasteiger partial charge is 0.326 e. The first-order valence-electron chi connectivity index (χ1n) is 8.04. The molecule has 7 heteroatoms. The summed E-state index contributed by atoms with van der Waals surface area (Å²) in [6, 6.07) is 12.8. The van der Waals surface area contributed by atoms with Crippen LogP contribution in [-0.2, 0) is 11.4 Å². The van der Waals surface area contributed by atoms with Crippen molar-refractivity contribution >= 4 is 33.9 Å². The van der Waals surface area contributed by atoms with Gasteiger partial charge in [0.1, 0.15) is 12.3 Å². The summed E-state index contributed by atoms with van der Waals surface area (Å²) >= 11 is 3.50. The standard InChI is InChI=1S/C19H17BrN2O4/c1-2-25-16-10-13(9-15-18(23)22-19(24)21-15)8-14(20)17(16)26-11-12-6-4-3-5-7-12/h3-10H,2,11H2,1H3,(H2,21,22,23,24). The van der Waals surface area contributed by atoms with Gasteiger partial charge < -0.3 is 14.8 Å². The van der Waals surface area contributed by atoms with Gasteiger partial charge in [0.2, 0.25) is 0 Å². The fourth-order valence-corrected chi connectivity index (χ4v) is 3.03. The van der Waals surface area contributed by atoms with Gasteiger partial charge in [-0.25, -0.2) is 4.79 Å². The average molecular weight is 417 g/mol. The SMILES string of the molecule is CCOc1cc(C=C2NC(=O)NC2=O)cc(Br)c1OCc1ccccc1. The van der Waals surface area contributed by atoms with Crippen LogP contribution in [0.1, 0.15) is 18.1 Å². The molecule has 2 aromatic carbocycles. The van der Waals surface area contributed by atoms with Crippen molar-refractivity contribution in [3.8, 4) is 11.5 Å². The van der Waals surface area contributed by atoms with Crippen molar-refractivity contribution in [1.29, 1.82) is 0 Å². The zero-order valence-electron chi connectivity index (χ0n) is 14.0. The molecule has 0 aliphatic carbocycles. The van der Waals surface area contributed by atoms with E-state index in [1.54, 1.807) is 18.2 Å². The Kier molecular flexibility index (Phi) is 5.58. The van der Waals surface area contributed by atoms with Crippen LogP contribution in [0.15, 0.2) is 52.6 Å². The Balaban J connectivity index is 1.87. The van der Waals surface area contributed by atoms with E-state index < -0.39 is 11.9 Å². The summed E-state index contributed by atoms with van der Waals surface area (Å²) < 4.78 is 12.3. The van der Waals surface area contributed by atoms with Gasteiger partial charge in [0.25, 0.3) is 5.91 Å². The molecule has 0 unspecified atom stereocenters. The second-order valence-electron chi connectivity index (χ2n) is 5.50. The van der Waals surface area contributed by atoms with Crippen LogP contribution in [0.3, 0.4) is 0 Å². The van der Waals surface area contributed by atoms with Gasteiger partial charge in [-0.2, -0.15) is 0 Å². The summed E-state index contributed by atoms with van der Waals surface area (Å²) in [5, 5.41) is 4.62. The highest BCUT2D eigenvalue weighted by atomic mass is 79.9. The largest absolute Gasteiger partial charge is 0.490 e. The molecule has 2 N–H and O–H groups in total. The maximum absolute atomic E-state index is 11.7. The molecule has 1 aliphatic rings. The van der Waals surface area contributed by atoms with Crippen molar-refractivity contribution in [2.45, 2.75) is 13.5 Å². The lowest BCUT2D eigenvalue weighted by Crippen LogP contribution is -2.22. The molecule has 0 bridgehead atoms. The van der Waals surface area contributed by atoms with Gasteiger partial charge >= 0.3 is 6.03 Å². The number of carbonyl (C=O) groups excluding carboxylic acids is 2. The second-order valence-corrected chi connectivity index (χ2v) is 6.36. The molecule has 6 nitrogen and oxygen atoms in total. The third-order valence-corrected chi connectivity index (χ3v) is 4.18. The zero-order valence-corrected chi connectivity index (χ0v) is 15.6. The highest BCUT2D eigenvalue weighted by molar-refractivity contribution is 9.10. The van der Waals surface area contributed by atoms with Crippen molar-refractivity contribution in [2.75, 3.05) is 6.61 Å². The maximum atomic E-state index is 11.7. The minimum atomic E-state index is -0.534. The molecule has 0 aromatic heterocycles. The molecule has 0 radical (unpaired) electrons. The van der Waals surface area contributed by atoms with Crippen molar-refractivity contribution < 1.29 is 19.1 Å². The normalized spacial score (nSPS) is 14.9. The summed E-state index contributed by atoms with van der Waals surface area (Å²) in [6.45, 7) is 2.74. The van der Waals surface area contributed by atoms with Crippen LogP contribution in [0.25, 0.3) is 6.08 Å². The molecule has 1 saturated heterocycles. The average Bonchev–Trinajstić information content (AvgIpc) is 2.92. The third kappa shape index (κ3) is 4.23. The molecule has 1 heterocycles. The van der Waals surface area contributed by atoms with Gasteiger partial charge in [-0.1, -0.05) is 30.3 Å². The molecular formula is C19H17BrN2O4. The van der Waals surface area contributed by atoms with Crippen LogP contribution in [0.4, 0.5) is 4.79 Å². The van der Waals surface area contributed by atoms with Crippen LogP contribution in [0.5, 0.6) is 11.5 Å². The van der Waals surface area contributed by atoms with Gasteiger partial charge in [-0.15, -0.1) is 0 Å². The third-order valence-electron chi connectivity index (χ3n) is 3.59. The Morgan fingerprint density at radius 1 is 1.08 bits per heavy atom. The second kappa shape index (κ2) is 8.05. The Morgan fingerprint density at radius 2 is 1.85 bits per heavy atom. The predicted octanol–water partition coefficient (Wildman–Crippen LogP) is 3.61. The van der Waals surface area contributed by atoms with Gasteiger partial charge in [0, 0.05) is 0 Å². The molecule has 0 spiro atoms. The van der Waals surface area contributed by atoms with Crippen molar-refractivity contribution in [1.82, 2.24) is 10.6 Å². The minimum absolute atomic E-state index is 0.183. The fourth-order valence-electron chi connectivity index (χ4n) is 2.45. The van der Waals surface area contributed by atoms with E-state index >= 15 is 0 Å². The summed E-state index contributed by atoms with van der Waals surface area (Å²) in [4.78, 5) is 22.9. The Morgan fingerprint density at radius 3 is 2.50 bits per heavy atom. The van der Waals surface area contributed by atoms with Crippen LogP contribution < -0.4 is 20.1 Å². The summed E-state index contributed by atoms with van der Waals surface area (Å²) in [5.41, 5.74) is 1.92. The number of benzene rings is 2. The van der Waals surface area contributed by atoms with Crippen molar-refractivity contribution in [2.24, 2.45) is 0 Å². The number of urea groups is 1. The number of hydrogen-bond donors (Lipinski definition) is 2. The summed E-state index contributed by atoms with van der Waals surface area (Å²) in [7, 11) is 0. The topological polar surface area (TPSA) is 76.7 Å². The first-order valence-corrected chi connectivity index (χ1v) is 8.83. The van der Waals surface area contributed by atoms with Crippen LogP contribution in [0, 0.1) is 0 Å². The summed E-state index contributed by atoms with van der Waals surface area (Å²) in [6.07, 6.45) is 1.58. The quantitative estimate of drug-likeness (QED) is 0.556. The fraction of sp³-hybridized carbons (Fsp3) is 0.158. The molecule has 1 fully saturated rings. The Bertz CT molecular complexity index is 865. The van der Waals surface area contributed by atoms with E-state index in [0.29, 0.717) is 34.7 Å². The van der Waals surface area contributed by atoms with Crippen molar-refractivity contribution in [3.05, 3.63) is 63.8 Å². The van der Waals surface area contributed by atoms with E-state index in [-0.39, 0.29) is 5.70 Å². The molecule has 3 rings (SSSR count). The lowest BCUT2D eigenvalue weighted by molar-refractivity contribution is -0.115. The van der Waals surface area contributed by atoms with Crippen molar-refractivity contribution in [3.63, 3.8) is 0 Å². The number of halogens is 1. The number of ether oxygens (including phenoxy) is 2. The molecule has 3 amide bonds. The lowest BCUT2D eigenvalue weighted by Gasteiger charge is -2.15. The van der Waals surface area contributed by atoms with E-state index in [1.165, 1.54) is 0 Å². The molecule has 26 heavy (non-hydrogen) atoms. The zero-order chi connectivity index (χ0) is 18.5. The van der Waals surface area contributed by atoms with Crippen LogP contribution in [0.2, 0.25) is 0 Å². The number of carbonyl (C=O) groups is 2. The van der Waals surface area contributed by atoms with Gasteiger partial charge in [0.05, 0.1) is 11.1 Å². The number of rotatable bonds is 6. The Hall–Kier alpha value is -2.80. The first-order chi connectivity index (χ1) is 12.6. The van der Waals surface area contributed by atoms with E-state index in [2.05, 4.69) is 26.6 Å². The molecule has 1 aliphatic heterocycles. The van der Waals surface area contributed by atoms with Gasteiger partial charge in [-0.3, -0.25) is 10.1 Å². The highest BCUT2D eigenvalue weighted by Gasteiger charge is 2.23. The van der Waals surface area contributed by atoms with E-state index in [4.69, 9.17) is 9.47 Å².